The first-order chi connectivity index (χ1) is 11.1. The Kier molecular flexibility index (Phi) is 7.11. The Morgan fingerprint density at radius 3 is 2.58 bits per heavy atom. The lowest BCUT2D eigenvalue weighted by molar-refractivity contribution is 0.102. The van der Waals surface area contributed by atoms with Crippen molar-refractivity contribution >= 4 is 41.6 Å². The van der Waals surface area contributed by atoms with E-state index in [1.165, 1.54) is 47.2 Å². The molecule has 0 unspecified atom stereocenters. The van der Waals surface area contributed by atoms with Crippen molar-refractivity contribution < 1.29 is 9.18 Å². The lowest BCUT2D eigenvalue weighted by atomic mass is 10.0. The van der Waals surface area contributed by atoms with E-state index < -0.39 is 0 Å². The Labute approximate surface area is 156 Å². The third-order valence-electron chi connectivity index (χ3n) is 3.95. The summed E-state index contributed by atoms with van der Waals surface area (Å²) in [5.41, 5.74) is 3.08. The molecule has 0 aromatic heterocycles. The van der Waals surface area contributed by atoms with Gasteiger partial charge in [0.25, 0.3) is 0 Å². The van der Waals surface area contributed by atoms with Gasteiger partial charge in [0.15, 0.2) is 5.78 Å². The molecule has 1 aliphatic heterocycles. The number of carbonyl (C=O) groups is 1. The van der Waals surface area contributed by atoms with Gasteiger partial charge < -0.3 is 5.32 Å². The van der Waals surface area contributed by atoms with E-state index in [1.54, 1.807) is 0 Å². The number of hydrogen-bond donors (Lipinski definition) is 1. The molecule has 2 nitrogen and oxygen atoms in total. The predicted octanol–water partition coefficient (Wildman–Crippen LogP) is 4.56. The van der Waals surface area contributed by atoms with Gasteiger partial charge in [-0.25, -0.2) is 4.39 Å². The molecule has 0 bridgehead atoms. The van der Waals surface area contributed by atoms with Crippen LogP contribution in [0.5, 0.6) is 0 Å². The fraction of sp³-hybridized carbons (Fsp3) is 0.278. The minimum atomic E-state index is -0.335. The van der Waals surface area contributed by atoms with Crippen LogP contribution in [0, 0.1) is 5.82 Å². The second-order valence-electron chi connectivity index (χ2n) is 5.48. The number of Topliss-reactive ketones (excluding diaryl/α,β-unsaturated/α-hetero) is 1. The van der Waals surface area contributed by atoms with E-state index >= 15 is 0 Å². The second kappa shape index (κ2) is 8.86. The molecule has 2 aromatic rings. The van der Waals surface area contributed by atoms with E-state index in [-0.39, 0.29) is 24.0 Å². The summed E-state index contributed by atoms with van der Waals surface area (Å²) in [5.74, 6) is -0.0524. The van der Waals surface area contributed by atoms with Gasteiger partial charge in [0.1, 0.15) is 5.82 Å². The Hall–Kier alpha value is -1.07. The van der Waals surface area contributed by atoms with Gasteiger partial charge in [0.05, 0.1) is 10.8 Å². The minimum Gasteiger partial charge on any atom is -0.316 e. The highest BCUT2D eigenvalue weighted by Crippen LogP contribution is 2.34. The van der Waals surface area contributed by atoms with Crippen molar-refractivity contribution in [3.8, 4) is 0 Å². The summed E-state index contributed by atoms with van der Waals surface area (Å²) < 4.78 is 12.9. The van der Waals surface area contributed by atoms with Gasteiger partial charge >= 0.3 is 0 Å². The van der Waals surface area contributed by atoms with Crippen LogP contribution in [0.2, 0.25) is 5.02 Å². The summed E-state index contributed by atoms with van der Waals surface area (Å²) in [5, 5.41) is 4.08. The highest BCUT2D eigenvalue weighted by molar-refractivity contribution is 8.00. The summed E-state index contributed by atoms with van der Waals surface area (Å²) in [4.78, 5) is 13.3. The molecule has 128 valence electrons. The van der Waals surface area contributed by atoms with Crippen molar-refractivity contribution in [2.75, 3.05) is 18.8 Å². The SMILES string of the molecule is Cl.O=C(CSc1c(Cl)ccc2c1CCNCC2)c1ccc(F)cc1. The van der Waals surface area contributed by atoms with Gasteiger partial charge in [-0.1, -0.05) is 17.7 Å². The zero-order valence-corrected chi connectivity index (χ0v) is 15.4. The monoisotopic (exact) mass is 385 g/mol. The number of carbonyl (C=O) groups excluding carboxylic acids is 1. The van der Waals surface area contributed by atoms with Crippen LogP contribution in [0.25, 0.3) is 0 Å². The predicted molar refractivity (Wildman–Crippen MR) is 100 cm³/mol. The zero-order chi connectivity index (χ0) is 16.2. The van der Waals surface area contributed by atoms with Gasteiger partial charge in [-0.15, -0.1) is 24.2 Å². The van der Waals surface area contributed by atoms with Gasteiger partial charge in [0.2, 0.25) is 0 Å². The Balaban J connectivity index is 0.00000208. The molecule has 1 heterocycles. The molecule has 0 aliphatic carbocycles. The van der Waals surface area contributed by atoms with Crippen LogP contribution in [-0.2, 0) is 12.8 Å². The van der Waals surface area contributed by atoms with Crippen LogP contribution >= 0.6 is 35.8 Å². The molecule has 0 fully saturated rings. The van der Waals surface area contributed by atoms with Gasteiger partial charge in [0, 0.05) is 10.5 Å². The molecule has 2 aromatic carbocycles. The van der Waals surface area contributed by atoms with E-state index in [0.717, 1.165) is 30.8 Å². The van der Waals surface area contributed by atoms with Crippen LogP contribution in [0.15, 0.2) is 41.3 Å². The first kappa shape index (κ1) is 19.3. The third-order valence-corrected chi connectivity index (χ3v) is 5.53. The van der Waals surface area contributed by atoms with E-state index in [0.29, 0.717) is 16.3 Å². The van der Waals surface area contributed by atoms with Crippen molar-refractivity contribution in [2.45, 2.75) is 17.7 Å². The first-order valence-corrected chi connectivity index (χ1v) is 8.94. The summed E-state index contributed by atoms with van der Waals surface area (Å²) in [6.45, 7) is 1.89. The molecule has 0 atom stereocenters. The van der Waals surface area contributed by atoms with Crippen LogP contribution in [0.1, 0.15) is 21.5 Å². The second-order valence-corrected chi connectivity index (χ2v) is 6.88. The maximum atomic E-state index is 12.9. The molecule has 6 heteroatoms. The average Bonchev–Trinajstić information content (AvgIpc) is 2.80. The number of thioether (sulfide) groups is 1. The fourth-order valence-electron chi connectivity index (χ4n) is 2.72. The summed E-state index contributed by atoms with van der Waals surface area (Å²) in [7, 11) is 0. The molecule has 0 amide bonds. The van der Waals surface area contributed by atoms with Crippen LogP contribution in [0.3, 0.4) is 0 Å². The summed E-state index contributed by atoms with van der Waals surface area (Å²) >= 11 is 7.84. The third kappa shape index (κ3) is 4.51. The van der Waals surface area contributed by atoms with E-state index in [9.17, 15) is 9.18 Å². The van der Waals surface area contributed by atoms with Gasteiger partial charge in [-0.05, 0) is 67.4 Å². The van der Waals surface area contributed by atoms with Crippen molar-refractivity contribution in [3.63, 3.8) is 0 Å². The molecule has 0 saturated heterocycles. The number of hydrogen-bond acceptors (Lipinski definition) is 3. The number of ketones is 1. The molecule has 0 spiro atoms. The molecule has 24 heavy (non-hydrogen) atoms. The summed E-state index contributed by atoms with van der Waals surface area (Å²) in [6, 6.07) is 9.66. The quantitative estimate of drug-likeness (QED) is 0.617. The first-order valence-electron chi connectivity index (χ1n) is 7.57. The zero-order valence-electron chi connectivity index (χ0n) is 13.0. The summed E-state index contributed by atoms with van der Waals surface area (Å²) in [6.07, 6.45) is 1.90. The Morgan fingerprint density at radius 2 is 1.83 bits per heavy atom. The van der Waals surface area contributed by atoms with Crippen molar-refractivity contribution in [1.29, 1.82) is 0 Å². The van der Waals surface area contributed by atoms with Crippen LogP contribution < -0.4 is 5.32 Å². The Bertz CT molecular complexity index is 722. The largest absolute Gasteiger partial charge is 0.316 e. The van der Waals surface area contributed by atoms with Crippen molar-refractivity contribution in [2.24, 2.45) is 0 Å². The molecule has 3 rings (SSSR count). The highest BCUT2D eigenvalue weighted by atomic mass is 35.5. The van der Waals surface area contributed by atoms with Crippen LogP contribution in [0.4, 0.5) is 4.39 Å². The smallest absolute Gasteiger partial charge is 0.173 e. The van der Waals surface area contributed by atoms with E-state index in [4.69, 9.17) is 11.6 Å². The molecule has 1 N–H and O–H groups in total. The molecule has 0 saturated carbocycles. The molecular formula is C18H18Cl2FNOS. The van der Waals surface area contributed by atoms with Gasteiger partial charge in [-0.2, -0.15) is 0 Å². The standard InChI is InChI=1S/C18H17ClFNOS.ClH/c19-16-6-3-12-7-9-21-10-8-15(12)18(16)23-11-17(22)13-1-4-14(20)5-2-13;/h1-6,21H,7-11H2;1H. The maximum absolute atomic E-state index is 12.9. The number of rotatable bonds is 4. The topological polar surface area (TPSA) is 29.1 Å². The fourth-order valence-corrected chi connectivity index (χ4v) is 4.12. The van der Waals surface area contributed by atoms with Crippen molar-refractivity contribution in [1.82, 2.24) is 5.32 Å². The van der Waals surface area contributed by atoms with Crippen molar-refractivity contribution in [3.05, 3.63) is 63.9 Å². The lowest BCUT2D eigenvalue weighted by Crippen LogP contribution is -2.16. The van der Waals surface area contributed by atoms with E-state index in [1.807, 2.05) is 6.07 Å². The lowest BCUT2D eigenvalue weighted by Gasteiger charge is -2.13. The molecule has 1 aliphatic rings. The highest BCUT2D eigenvalue weighted by Gasteiger charge is 2.16. The number of fused-ring (bicyclic) bond motifs is 1. The molecule has 0 radical (unpaired) electrons. The van der Waals surface area contributed by atoms with E-state index in [2.05, 4.69) is 11.4 Å². The normalized spacial score (nSPS) is 13.6. The number of nitrogens with one attached hydrogen (secondary N) is 1. The number of benzene rings is 2. The maximum Gasteiger partial charge on any atom is 0.173 e. The van der Waals surface area contributed by atoms with Crippen LogP contribution in [-0.4, -0.2) is 24.6 Å². The number of halogens is 3. The molecular weight excluding hydrogens is 368 g/mol. The van der Waals surface area contributed by atoms with Gasteiger partial charge in [-0.3, -0.25) is 4.79 Å². The minimum absolute atomic E-state index is 0. The average molecular weight is 386 g/mol. The Morgan fingerprint density at radius 1 is 1.12 bits per heavy atom.